The maximum atomic E-state index is 8.68. The van der Waals surface area contributed by atoms with E-state index in [1.807, 2.05) is 13.8 Å². The lowest BCUT2D eigenvalue weighted by molar-refractivity contribution is -0.0878. The van der Waals surface area contributed by atoms with Crippen molar-refractivity contribution < 1.29 is 14.3 Å². The van der Waals surface area contributed by atoms with Crippen LogP contribution in [0.25, 0.3) is 0 Å². The zero-order chi connectivity index (χ0) is 7.11. The Bertz CT molecular complexity index is 54.2. The molecule has 3 nitrogen and oxygen atoms in total. The van der Waals surface area contributed by atoms with E-state index in [0.717, 1.165) is 0 Å². The Morgan fingerprint density at radius 2 is 1.78 bits per heavy atom. The van der Waals surface area contributed by atoms with Crippen LogP contribution in [0.5, 0.6) is 0 Å². The van der Waals surface area contributed by atoms with Gasteiger partial charge in [-0.05, 0) is 13.8 Å². The van der Waals surface area contributed by atoms with Crippen molar-refractivity contribution in [3.8, 4) is 0 Å². The van der Waals surface area contributed by atoms with Gasteiger partial charge in [-0.25, -0.2) is 0 Å². The molecule has 0 aliphatic carbocycles. The van der Waals surface area contributed by atoms with Crippen molar-refractivity contribution in [1.29, 1.82) is 0 Å². The summed E-state index contributed by atoms with van der Waals surface area (Å²) in [5.74, 6) is -0.292. The average Bonchev–Trinajstić information content (AvgIpc) is 1.88. The van der Waals surface area contributed by atoms with Crippen LogP contribution in [0.1, 0.15) is 13.8 Å². The van der Waals surface area contributed by atoms with Gasteiger partial charge in [-0.3, -0.25) is 0 Å². The first-order valence-electron chi connectivity index (χ1n) is 3.19. The van der Waals surface area contributed by atoms with Crippen LogP contribution in [-0.2, 0) is 9.47 Å². The van der Waals surface area contributed by atoms with Gasteiger partial charge in [0.25, 0.3) is 0 Å². The van der Waals surface area contributed by atoms with Crippen LogP contribution in [0.4, 0.5) is 0 Å². The minimum Gasteiger partial charge on any atom is -0.432 e. The fraction of sp³-hybridized carbons (Fsp3) is 1.00. The Kier molecular flexibility index (Phi) is 6.29. The summed E-state index contributed by atoms with van der Waals surface area (Å²) in [6.07, 6.45) is 0. The lowest BCUT2D eigenvalue weighted by Gasteiger charge is -2.12. The standard InChI is InChI=1S/C5H14O3Si/c1-3-7-5(9-6)8-4-2/h5-6H,3-4,9H2,1-2H3. The second-order valence-corrected chi connectivity index (χ2v) is 2.55. The highest BCUT2D eigenvalue weighted by atomic mass is 28.2. The highest BCUT2D eigenvalue weighted by molar-refractivity contribution is 6.26. The molecule has 0 saturated carbocycles. The molecule has 0 atom stereocenters. The number of ether oxygens (including phenoxy) is 2. The predicted octanol–water partition coefficient (Wildman–Crippen LogP) is -0.581. The normalized spacial score (nSPS) is 12.0. The third-order valence-electron chi connectivity index (χ3n) is 0.854. The van der Waals surface area contributed by atoms with Crippen molar-refractivity contribution in [3.05, 3.63) is 0 Å². The Labute approximate surface area is 57.9 Å². The SMILES string of the molecule is CCOC(OCC)[SiH2]O. The number of rotatable bonds is 5. The first-order chi connectivity index (χ1) is 4.35. The first-order valence-corrected chi connectivity index (χ1v) is 4.64. The lowest BCUT2D eigenvalue weighted by atomic mass is 10.9. The fourth-order valence-electron chi connectivity index (χ4n) is 0.525. The van der Waals surface area contributed by atoms with Crippen LogP contribution in [0.15, 0.2) is 0 Å². The maximum Gasteiger partial charge on any atom is 0.218 e. The summed E-state index contributed by atoms with van der Waals surface area (Å²) >= 11 is 0. The fourth-order valence-corrected chi connectivity index (χ4v) is 1.21. The van der Waals surface area contributed by atoms with E-state index in [9.17, 15) is 0 Å². The van der Waals surface area contributed by atoms with Gasteiger partial charge in [0.15, 0.2) is 5.91 Å². The molecule has 0 saturated heterocycles. The van der Waals surface area contributed by atoms with Crippen LogP contribution in [0, 0.1) is 0 Å². The third-order valence-corrected chi connectivity index (χ3v) is 1.62. The molecule has 1 N–H and O–H groups in total. The quantitative estimate of drug-likeness (QED) is 0.421. The van der Waals surface area contributed by atoms with Crippen molar-refractivity contribution in [3.63, 3.8) is 0 Å². The minimum absolute atomic E-state index is 0.292. The van der Waals surface area contributed by atoms with Crippen LogP contribution in [-0.4, -0.2) is 33.7 Å². The summed E-state index contributed by atoms with van der Waals surface area (Å²) in [6.45, 7) is 4.99. The Morgan fingerprint density at radius 3 is 2.00 bits per heavy atom. The van der Waals surface area contributed by atoms with Gasteiger partial charge < -0.3 is 14.3 Å². The summed E-state index contributed by atoms with van der Waals surface area (Å²) in [5, 5.41) is 0. The summed E-state index contributed by atoms with van der Waals surface area (Å²) in [5.41, 5.74) is 0. The van der Waals surface area contributed by atoms with E-state index in [2.05, 4.69) is 0 Å². The molecule has 0 bridgehead atoms. The van der Waals surface area contributed by atoms with E-state index in [0.29, 0.717) is 13.2 Å². The van der Waals surface area contributed by atoms with Crippen molar-refractivity contribution in [2.45, 2.75) is 19.8 Å². The highest BCUT2D eigenvalue weighted by Gasteiger charge is 2.04. The molecule has 0 aliphatic heterocycles. The van der Waals surface area contributed by atoms with Gasteiger partial charge in [-0.1, -0.05) is 0 Å². The number of hydrogen-bond acceptors (Lipinski definition) is 3. The molecule has 4 heteroatoms. The highest BCUT2D eigenvalue weighted by Crippen LogP contribution is 1.89. The topological polar surface area (TPSA) is 38.7 Å². The van der Waals surface area contributed by atoms with E-state index in [1.165, 1.54) is 0 Å². The smallest absolute Gasteiger partial charge is 0.218 e. The van der Waals surface area contributed by atoms with Crippen LogP contribution in [0.3, 0.4) is 0 Å². The summed E-state index contributed by atoms with van der Waals surface area (Å²) < 4.78 is 10.0. The second-order valence-electron chi connectivity index (χ2n) is 1.52. The Hall–Kier alpha value is 0.0969. The average molecular weight is 150 g/mol. The number of hydrogen-bond donors (Lipinski definition) is 1. The van der Waals surface area contributed by atoms with Crippen molar-refractivity contribution in [2.75, 3.05) is 13.2 Å². The molecular formula is C5H14O3Si. The summed E-state index contributed by atoms with van der Waals surface area (Å²) in [4.78, 5) is 8.68. The van der Waals surface area contributed by atoms with Gasteiger partial charge in [0, 0.05) is 13.2 Å². The Morgan fingerprint density at radius 1 is 1.33 bits per heavy atom. The third kappa shape index (κ3) is 4.59. The molecule has 0 aromatic heterocycles. The molecule has 0 radical (unpaired) electrons. The zero-order valence-electron chi connectivity index (χ0n) is 5.96. The molecule has 0 fully saturated rings. The molecule has 0 aromatic carbocycles. The Balaban J connectivity index is 3.18. The molecular weight excluding hydrogens is 136 g/mol. The molecule has 56 valence electrons. The van der Waals surface area contributed by atoms with Crippen molar-refractivity contribution in [2.24, 2.45) is 0 Å². The first kappa shape index (κ1) is 9.10. The van der Waals surface area contributed by atoms with Gasteiger partial charge in [0.2, 0.25) is 9.76 Å². The summed E-state index contributed by atoms with van der Waals surface area (Å²) in [7, 11) is -1.14. The molecule has 0 heterocycles. The molecule has 9 heavy (non-hydrogen) atoms. The second kappa shape index (κ2) is 6.22. The maximum absolute atomic E-state index is 8.68. The molecule has 0 amide bonds. The largest absolute Gasteiger partial charge is 0.432 e. The van der Waals surface area contributed by atoms with Gasteiger partial charge in [-0.2, -0.15) is 0 Å². The van der Waals surface area contributed by atoms with E-state index in [-0.39, 0.29) is 5.91 Å². The van der Waals surface area contributed by atoms with Gasteiger partial charge >= 0.3 is 0 Å². The van der Waals surface area contributed by atoms with E-state index < -0.39 is 9.76 Å². The van der Waals surface area contributed by atoms with E-state index >= 15 is 0 Å². The van der Waals surface area contributed by atoms with Crippen LogP contribution < -0.4 is 0 Å². The van der Waals surface area contributed by atoms with Gasteiger partial charge in [-0.15, -0.1) is 0 Å². The van der Waals surface area contributed by atoms with Crippen LogP contribution in [0.2, 0.25) is 0 Å². The van der Waals surface area contributed by atoms with Crippen LogP contribution >= 0.6 is 0 Å². The van der Waals surface area contributed by atoms with Gasteiger partial charge in [0.05, 0.1) is 0 Å². The van der Waals surface area contributed by atoms with E-state index in [1.54, 1.807) is 0 Å². The van der Waals surface area contributed by atoms with E-state index in [4.69, 9.17) is 14.3 Å². The van der Waals surface area contributed by atoms with Gasteiger partial charge in [0.1, 0.15) is 0 Å². The molecule has 0 unspecified atom stereocenters. The monoisotopic (exact) mass is 150 g/mol. The summed E-state index contributed by atoms with van der Waals surface area (Å²) in [6, 6.07) is 0. The predicted molar refractivity (Wildman–Crippen MR) is 37.8 cm³/mol. The minimum atomic E-state index is -1.14. The molecule has 0 aliphatic rings. The molecule has 0 rings (SSSR count). The zero-order valence-corrected chi connectivity index (χ0v) is 7.38. The van der Waals surface area contributed by atoms with Crippen molar-refractivity contribution in [1.82, 2.24) is 0 Å². The lowest BCUT2D eigenvalue weighted by Crippen LogP contribution is -2.24. The molecule has 0 spiro atoms. The van der Waals surface area contributed by atoms with Crippen molar-refractivity contribution >= 4 is 9.76 Å². The molecule has 0 aromatic rings.